The third kappa shape index (κ3) is 4.58. The Morgan fingerprint density at radius 1 is 1.18 bits per heavy atom. The second-order valence-corrected chi connectivity index (χ2v) is 7.99. The summed E-state index contributed by atoms with van der Waals surface area (Å²) < 4.78 is 0.896. The van der Waals surface area contributed by atoms with Crippen molar-refractivity contribution in [2.24, 2.45) is 5.92 Å². The highest BCUT2D eigenvalue weighted by molar-refractivity contribution is 9.10. The van der Waals surface area contributed by atoms with Gasteiger partial charge in [-0.25, -0.2) is 4.79 Å². The maximum atomic E-state index is 12.6. The number of benzene rings is 1. The molecule has 1 aliphatic carbocycles. The third-order valence-electron chi connectivity index (χ3n) is 4.15. The van der Waals surface area contributed by atoms with Crippen molar-refractivity contribution >= 4 is 50.1 Å². The molecule has 0 bridgehead atoms. The lowest BCUT2D eigenvalue weighted by Gasteiger charge is -2.16. The first-order valence-corrected chi connectivity index (χ1v) is 10.1. The number of carbonyl (C=O) groups is 3. The van der Waals surface area contributed by atoms with Gasteiger partial charge >= 0.3 is 5.97 Å². The lowest BCUT2D eigenvalue weighted by Crippen LogP contribution is -2.25. The standard InChI is InChI=1S/C20H17BrN2O4S/c1-11(24)22-15-8-4-13(5-9-15)18(25)23-19-17(20(26)27)16(10-28-19)12-2-6-14(21)7-3-12/h2-4,6-10,13H,5H2,1H3,(H,22,24)(H,23,25)(H,26,27). The smallest absolute Gasteiger partial charge is 0.339 e. The number of hydrogen-bond acceptors (Lipinski definition) is 4. The Hall–Kier alpha value is -2.71. The van der Waals surface area contributed by atoms with E-state index in [4.69, 9.17) is 0 Å². The molecule has 0 saturated heterocycles. The van der Waals surface area contributed by atoms with Gasteiger partial charge in [0.25, 0.3) is 0 Å². The molecule has 2 amide bonds. The summed E-state index contributed by atoms with van der Waals surface area (Å²) in [5.74, 6) is -2.00. The second kappa shape index (κ2) is 8.53. The quantitative estimate of drug-likeness (QED) is 0.615. The molecule has 2 aromatic rings. The molecule has 1 aromatic heterocycles. The predicted molar refractivity (Wildman–Crippen MR) is 112 cm³/mol. The van der Waals surface area contributed by atoms with Gasteiger partial charge in [0.05, 0.1) is 5.92 Å². The summed E-state index contributed by atoms with van der Waals surface area (Å²) in [6, 6.07) is 7.32. The van der Waals surface area contributed by atoms with E-state index in [1.165, 1.54) is 18.3 Å². The van der Waals surface area contributed by atoms with Gasteiger partial charge in [-0.3, -0.25) is 9.59 Å². The minimum absolute atomic E-state index is 0.0786. The fraction of sp³-hybridized carbons (Fsp3) is 0.150. The highest BCUT2D eigenvalue weighted by Crippen LogP contribution is 2.36. The number of carboxylic acid groups (broad SMARTS) is 1. The number of aromatic carboxylic acids is 1. The van der Waals surface area contributed by atoms with Crippen molar-refractivity contribution < 1.29 is 19.5 Å². The van der Waals surface area contributed by atoms with E-state index in [0.717, 1.165) is 10.0 Å². The molecule has 1 atom stereocenters. The van der Waals surface area contributed by atoms with Crippen LogP contribution in [0, 0.1) is 5.92 Å². The molecule has 144 valence electrons. The van der Waals surface area contributed by atoms with Crippen LogP contribution in [0.3, 0.4) is 0 Å². The second-order valence-electron chi connectivity index (χ2n) is 6.20. The summed E-state index contributed by atoms with van der Waals surface area (Å²) in [5, 5.41) is 17.1. The summed E-state index contributed by atoms with van der Waals surface area (Å²) in [6.07, 6.45) is 5.57. The van der Waals surface area contributed by atoms with E-state index in [0.29, 0.717) is 22.7 Å². The molecule has 1 aromatic carbocycles. The predicted octanol–water partition coefficient (Wildman–Crippen LogP) is 4.41. The Morgan fingerprint density at radius 2 is 1.89 bits per heavy atom. The lowest BCUT2D eigenvalue weighted by molar-refractivity contribution is -0.118. The molecule has 1 unspecified atom stereocenters. The topological polar surface area (TPSA) is 95.5 Å². The highest BCUT2D eigenvalue weighted by atomic mass is 79.9. The van der Waals surface area contributed by atoms with Crippen LogP contribution in [-0.4, -0.2) is 22.9 Å². The number of rotatable bonds is 5. The van der Waals surface area contributed by atoms with Crippen molar-refractivity contribution in [1.29, 1.82) is 0 Å². The molecule has 1 heterocycles. The number of halogens is 1. The number of amides is 2. The van der Waals surface area contributed by atoms with Crippen molar-refractivity contribution in [3.8, 4) is 11.1 Å². The van der Waals surface area contributed by atoms with E-state index in [-0.39, 0.29) is 17.4 Å². The molecule has 0 spiro atoms. The van der Waals surface area contributed by atoms with Gasteiger partial charge in [0, 0.05) is 28.0 Å². The fourth-order valence-electron chi connectivity index (χ4n) is 2.82. The molecule has 1 aliphatic rings. The molecule has 0 saturated carbocycles. The SMILES string of the molecule is CC(=O)NC1=CCC(C(=O)Nc2scc(-c3ccc(Br)cc3)c2C(=O)O)C=C1. The largest absolute Gasteiger partial charge is 0.478 e. The number of carbonyl (C=O) groups excluding carboxylic acids is 2. The zero-order valence-corrected chi connectivity index (χ0v) is 17.3. The normalized spacial score (nSPS) is 15.6. The molecular formula is C20H17BrN2O4S. The van der Waals surface area contributed by atoms with Crippen LogP contribution in [-0.2, 0) is 9.59 Å². The zero-order chi connectivity index (χ0) is 20.3. The monoisotopic (exact) mass is 460 g/mol. The van der Waals surface area contributed by atoms with Crippen LogP contribution in [0.4, 0.5) is 5.00 Å². The number of allylic oxidation sites excluding steroid dienone is 2. The number of nitrogens with one attached hydrogen (secondary N) is 2. The zero-order valence-electron chi connectivity index (χ0n) is 14.9. The van der Waals surface area contributed by atoms with E-state index < -0.39 is 11.9 Å². The molecule has 28 heavy (non-hydrogen) atoms. The van der Waals surface area contributed by atoms with E-state index in [9.17, 15) is 19.5 Å². The lowest BCUT2D eigenvalue weighted by atomic mass is 9.98. The van der Waals surface area contributed by atoms with E-state index >= 15 is 0 Å². The first kappa shape index (κ1) is 20.0. The summed E-state index contributed by atoms with van der Waals surface area (Å²) in [7, 11) is 0. The third-order valence-corrected chi connectivity index (χ3v) is 5.58. The highest BCUT2D eigenvalue weighted by Gasteiger charge is 2.24. The molecular weight excluding hydrogens is 444 g/mol. The van der Waals surface area contributed by atoms with Gasteiger partial charge in [0.2, 0.25) is 11.8 Å². The Balaban J connectivity index is 1.78. The Labute approximate surface area is 174 Å². The van der Waals surface area contributed by atoms with Gasteiger partial charge in [-0.2, -0.15) is 0 Å². The van der Waals surface area contributed by atoms with Crippen LogP contribution < -0.4 is 10.6 Å². The molecule has 6 nitrogen and oxygen atoms in total. The molecule has 3 rings (SSSR count). The van der Waals surface area contributed by atoms with Gasteiger partial charge < -0.3 is 15.7 Å². The van der Waals surface area contributed by atoms with Crippen LogP contribution in [0.2, 0.25) is 0 Å². The minimum Gasteiger partial charge on any atom is -0.478 e. The van der Waals surface area contributed by atoms with E-state index in [2.05, 4.69) is 26.6 Å². The Morgan fingerprint density at radius 3 is 2.46 bits per heavy atom. The van der Waals surface area contributed by atoms with Gasteiger partial charge in [0.15, 0.2) is 0 Å². The maximum absolute atomic E-state index is 12.6. The van der Waals surface area contributed by atoms with Crippen LogP contribution in [0.1, 0.15) is 23.7 Å². The number of thiophene rings is 1. The fourth-order valence-corrected chi connectivity index (χ4v) is 4.05. The number of hydrogen-bond donors (Lipinski definition) is 3. The van der Waals surface area contributed by atoms with E-state index in [1.807, 2.05) is 24.3 Å². The minimum atomic E-state index is -1.10. The van der Waals surface area contributed by atoms with E-state index in [1.54, 1.807) is 23.6 Å². The molecule has 0 fully saturated rings. The average molecular weight is 461 g/mol. The molecule has 0 aliphatic heterocycles. The Kier molecular flexibility index (Phi) is 6.11. The maximum Gasteiger partial charge on any atom is 0.339 e. The van der Waals surface area contributed by atoms with Gasteiger partial charge in [-0.05, 0) is 30.2 Å². The van der Waals surface area contributed by atoms with Crippen LogP contribution in [0.15, 0.2) is 58.0 Å². The number of carboxylic acids is 1. The average Bonchev–Trinajstić information content (AvgIpc) is 3.06. The van der Waals surface area contributed by atoms with Crippen molar-refractivity contribution in [3.63, 3.8) is 0 Å². The van der Waals surface area contributed by atoms with Crippen molar-refractivity contribution in [3.05, 3.63) is 63.6 Å². The van der Waals surface area contributed by atoms with Gasteiger partial charge in [-0.15, -0.1) is 11.3 Å². The molecule has 3 N–H and O–H groups in total. The molecule has 8 heteroatoms. The summed E-state index contributed by atoms with van der Waals surface area (Å²) in [6.45, 7) is 1.42. The first-order valence-electron chi connectivity index (χ1n) is 8.42. The van der Waals surface area contributed by atoms with Crippen molar-refractivity contribution in [2.75, 3.05) is 5.32 Å². The summed E-state index contributed by atoms with van der Waals surface area (Å²) >= 11 is 4.54. The summed E-state index contributed by atoms with van der Waals surface area (Å²) in [5.41, 5.74) is 2.05. The van der Waals surface area contributed by atoms with Crippen LogP contribution in [0.5, 0.6) is 0 Å². The number of anilines is 1. The van der Waals surface area contributed by atoms with Crippen LogP contribution >= 0.6 is 27.3 Å². The Bertz CT molecular complexity index is 992. The van der Waals surface area contributed by atoms with Crippen molar-refractivity contribution in [2.45, 2.75) is 13.3 Å². The van der Waals surface area contributed by atoms with Crippen molar-refractivity contribution in [1.82, 2.24) is 5.32 Å². The molecule has 0 radical (unpaired) electrons. The van der Waals surface area contributed by atoms with Gasteiger partial charge in [0.1, 0.15) is 10.6 Å². The summed E-state index contributed by atoms with van der Waals surface area (Å²) in [4.78, 5) is 35.5. The van der Waals surface area contributed by atoms with Gasteiger partial charge in [-0.1, -0.05) is 40.2 Å². The van der Waals surface area contributed by atoms with Crippen LogP contribution in [0.25, 0.3) is 11.1 Å². The first-order chi connectivity index (χ1) is 13.3.